The van der Waals surface area contributed by atoms with Gasteiger partial charge in [-0.05, 0) is 49.9 Å². The number of non-ortho nitro benzene ring substituents is 1. The van der Waals surface area contributed by atoms with E-state index in [4.69, 9.17) is 0 Å². The van der Waals surface area contributed by atoms with Crippen LogP contribution in [0.4, 0.5) is 5.69 Å². The molecule has 2 aromatic rings. The fraction of sp³-hybridized carbons (Fsp3) is 0.368. The normalized spacial score (nSPS) is 15.9. The second-order valence-electron chi connectivity index (χ2n) is 6.34. The molecule has 3 rings (SSSR count). The Morgan fingerprint density at radius 3 is 1.96 bits per heavy atom. The standard InChI is InChI=1S/C13H12BNO2.C6H13N/c14-13(10-4-2-1-3-5-10)11-6-8-12(9-7-11)15(16)17;1-7-5-3-2-4-6-7/h1-9,13H,14H2;2-6H2,1H3. The summed E-state index contributed by atoms with van der Waals surface area (Å²) in [7, 11) is 4.29. The molecule has 0 aliphatic carbocycles. The van der Waals surface area contributed by atoms with E-state index in [2.05, 4.69) is 31.9 Å². The molecule has 0 amide bonds. The van der Waals surface area contributed by atoms with Gasteiger partial charge in [0.05, 0.1) is 4.92 Å². The number of benzene rings is 2. The van der Waals surface area contributed by atoms with Gasteiger partial charge in [-0.25, -0.2) is 0 Å². The smallest absolute Gasteiger partial charge is 0.269 e. The van der Waals surface area contributed by atoms with Crippen molar-refractivity contribution < 1.29 is 4.92 Å². The van der Waals surface area contributed by atoms with E-state index >= 15 is 0 Å². The lowest BCUT2D eigenvalue weighted by atomic mass is 9.76. The van der Waals surface area contributed by atoms with E-state index in [0.29, 0.717) is 0 Å². The summed E-state index contributed by atoms with van der Waals surface area (Å²) in [6.45, 7) is 2.64. The summed E-state index contributed by atoms with van der Waals surface area (Å²) in [5.74, 6) is 0.247. The van der Waals surface area contributed by atoms with E-state index in [0.717, 1.165) is 5.56 Å². The minimum absolute atomic E-state index is 0.133. The van der Waals surface area contributed by atoms with E-state index in [1.807, 2.05) is 30.3 Å². The van der Waals surface area contributed by atoms with Crippen LogP contribution in [0, 0.1) is 10.1 Å². The fourth-order valence-electron chi connectivity index (χ4n) is 2.87. The third-order valence-electron chi connectivity index (χ3n) is 4.48. The number of likely N-dealkylation sites (tertiary alicyclic amines) is 1. The molecule has 1 fully saturated rings. The van der Waals surface area contributed by atoms with Crippen LogP contribution in [0.15, 0.2) is 54.6 Å². The summed E-state index contributed by atoms with van der Waals surface area (Å²) >= 11 is 0. The van der Waals surface area contributed by atoms with E-state index in [1.54, 1.807) is 12.1 Å². The Morgan fingerprint density at radius 2 is 1.50 bits per heavy atom. The van der Waals surface area contributed by atoms with Gasteiger partial charge in [0, 0.05) is 12.1 Å². The molecule has 0 N–H and O–H groups in total. The molecule has 0 bridgehead atoms. The third kappa shape index (κ3) is 5.50. The number of rotatable bonds is 3. The summed E-state index contributed by atoms with van der Waals surface area (Å²) < 4.78 is 0. The van der Waals surface area contributed by atoms with E-state index in [-0.39, 0.29) is 16.4 Å². The van der Waals surface area contributed by atoms with Crippen molar-refractivity contribution >= 4 is 13.5 Å². The van der Waals surface area contributed by atoms with Crippen molar-refractivity contribution in [2.24, 2.45) is 0 Å². The minimum atomic E-state index is -0.378. The van der Waals surface area contributed by atoms with Gasteiger partial charge in [-0.1, -0.05) is 48.9 Å². The number of hydrogen-bond acceptors (Lipinski definition) is 3. The Bertz CT molecular complexity index is 626. The predicted molar refractivity (Wildman–Crippen MR) is 101 cm³/mol. The van der Waals surface area contributed by atoms with Crippen LogP contribution in [0.2, 0.25) is 0 Å². The first kappa shape index (κ1) is 18.2. The lowest BCUT2D eigenvalue weighted by Crippen LogP contribution is -2.24. The van der Waals surface area contributed by atoms with Crippen molar-refractivity contribution in [1.82, 2.24) is 4.90 Å². The summed E-state index contributed by atoms with van der Waals surface area (Å²) in [6, 6.07) is 16.8. The fourth-order valence-corrected chi connectivity index (χ4v) is 2.87. The predicted octanol–water partition coefficient (Wildman–Crippen LogP) is 3.42. The van der Waals surface area contributed by atoms with Crippen molar-refractivity contribution in [2.45, 2.75) is 25.1 Å². The molecule has 4 nitrogen and oxygen atoms in total. The van der Waals surface area contributed by atoms with Gasteiger partial charge >= 0.3 is 0 Å². The number of hydrogen-bond donors (Lipinski definition) is 0. The van der Waals surface area contributed by atoms with Gasteiger partial charge in [0.1, 0.15) is 7.85 Å². The Kier molecular flexibility index (Phi) is 7.00. The summed E-state index contributed by atoms with van der Waals surface area (Å²) in [4.78, 5) is 12.6. The molecular weight excluding hydrogens is 299 g/mol. The van der Waals surface area contributed by atoms with Gasteiger partial charge < -0.3 is 4.90 Å². The Hall–Kier alpha value is -2.14. The minimum Gasteiger partial charge on any atom is -0.306 e. The van der Waals surface area contributed by atoms with Crippen LogP contribution in [0.1, 0.15) is 36.2 Å². The Balaban J connectivity index is 0.000000249. The quantitative estimate of drug-likeness (QED) is 0.494. The van der Waals surface area contributed by atoms with Crippen LogP contribution in [-0.4, -0.2) is 37.8 Å². The number of nitrogens with zero attached hydrogens (tertiary/aromatic N) is 2. The third-order valence-corrected chi connectivity index (χ3v) is 4.48. The molecule has 1 aliphatic rings. The second-order valence-corrected chi connectivity index (χ2v) is 6.34. The van der Waals surface area contributed by atoms with Crippen molar-refractivity contribution in [2.75, 3.05) is 20.1 Å². The maximum absolute atomic E-state index is 10.6. The van der Waals surface area contributed by atoms with Crippen LogP contribution in [-0.2, 0) is 0 Å². The highest BCUT2D eigenvalue weighted by Gasteiger charge is 2.10. The molecule has 126 valence electrons. The average molecular weight is 324 g/mol. The number of piperidine rings is 1. The molecule has 1 unspecified atom stereocenters. The molecule has 0 radical (unpaired) electrons. The number of nitro groups is 1. The highest BCUT2D eigenvalue weighted by molar-refractivity contribution is 6.14. The van der Waals surface area contributed by atoms with Crippen molar-refractivity contribution in [1.29, 1.82) is 0 Å². The molecule has 24 heavy (non-hydrogen) atoms. The first-order valence-electron chi connectivity index (χ1n) is 8.56. The largest absolute Gasteiger partial charge is 0.306 e. The molecule has 2 aromatic carbocycles. The van der Waals surface area contributed by atoms with Crippen molar-refractivity contribution in [3.8, 4) is 0 Å². The monoisotopic (exact) mass is 324 g/mol. The molecular formula is C19H25BN2O2. The number of nitro benzene ring substituents is 1. The Labute approximate surface area is 145 Å². The molecule has 1 heterocycles. The van der Waals surface area contributed by atoms with E-state index in [9.17, 15) is 10.1 Å². The molecule has 1 aliphatic heterocycles. The summed E-state index contributed by atoms with van der Waals surface area (Å²) in [5.41, 5.74) is 2.43. The van der Waals surface area contributed by atoms with Crippen LogP contribution in [0.5, 0.6) is 0 Å². The zero-order valence-electron chi connectivity index (χ0n) is 14.5. The lowest BCUT2D eigenvalue weighted by molar-refractivity contribution is -0.384. The Morgan fingerprint density at radius 1 is 0.958 bits per heavy atom. The van der Waals surface area contributed by atoms with Gasteiger partial charge in [0.15, 0.2) is 0 Å². The average Bonchev–Trinajstić information content (AvgIpc) is 2.63. The SMILES string of the molecule is BC(c1ccccc1)c1ccc([N+](=O)[O-])cc1.CN1CCCCC1. The van der Waals surface area contributed by atoms with E-state index in [1.165, 1.54) is 37.9 Å². The van der Waals surface area contributed by atoms with Crippen molar-refractivity contribution in [3.63, 3.8) is 0 Å². The highest BCUT2D eigenvalue weighted by atomic mass is 16.6. The zero-order chi connectivity index (χ0) is 17.4. The second kappa shape index (κ2) is 9.23. The van der Waals surface area contributed by atoms with Crippen LogP contribution in [0.25, 0.3) is 0 Å². The zero-order valence-corrected chi connectivity index (χ0v) is 14.5. The molecule has 0 aromatic heterocycles. The highest BCUT2D eigenvalue weighted by Crippen LogP contribution is 2.23. The first-order chi connectivity index (χ1) is 11.6. The van der Waals surface area contributed by atoms with Crippen LogP contribution >= 0.6 is 0 Å². The molecule has 1 atom stereocenters. The maximum Gasteiger partial charge on any atom is 0.269 e. The topological polar surface area (TPSA) is 46.4 Å². The van der Waals surface area contributed by atoms with Gasteiger partial charge in [0.2, 0.25) is 0 Å². The van der Waals surface area contributed by atoms with E-state index < -0.39 is 0 Å². The summed E-state index contributed by atoms with van der Waals surface area (Å²) in [6.07, 6.45) is 4.28. The lowest BCUT2D eigenvalue weighted by Gasteiger charge is -2.20. The molecule has 0 saturated carbocycles. The van der Waals surface area contributed by atoms with Gasteiger partial charge in [-0.3, -0.25) is 10.1 Å². The van der Waals surface area contributed by atoms with Crippen LogP contribution < -0.4 is 0 Å². The molecule has 1 saturated heterocycles. The summed E-state index contributed by atoms with van der Waals surface area (Å²) in [5, 5.41) is 10.6. The van der Waals surface area contributed by atoms with Gasteiger partial charge in [-0.2, -0.15) is 0 Å². The molecule has 5 heteroatoms. The molecule has 0 spiro atoms. The van der Waals surface area contributed by atoms with Crippen molar-refractivity contribution in [3.05, 3.63) is 75.8 Å². The van der Waals surface area contributed by atoms with Gasteiger partial charge in [0.25, 0.3) is 5.69 Å². The van der Waals surface area contributed by atoms with Gasteiger partial charge in [-0.15, -0.1) is 0 Å². The van der Waals surface area contributed by atoms with Crippen LogP contribution in [0.3, 0.4) is 0 Å². The maximum atomic E-state index is 10.6. The first-order valence-corrected chi connectivity index (χ1v) is 8.56.